The Morgan fingerprint density at radius 2 is 1.97 bits per heavy atom. The molecule has 3 saturated carbocycles. The maximum Gasteiger partial charge on any atom is 0.216 e. The summed E-state index contributed by atoms with van der Waals surface area (Å²) in [6.07, 6.45) is 10.8. The van der Waals surface area contributed by atoms with E-state index >= 15 is 0 Å². The first-order valence-electron chi connectivity index (χ1n) is 13.4. The number of Topliss-reactive ketones (excluding diaryl/α,β-unsaturated/α-hetero) is 1. The van der Waals surface area contributed by atoms with Gasteiger partial charge in [0.05, 0.1) is 6.10 Å². The fourth-order valence-corrected chi connectivity index (χ4v) is 9.26. The van der Waals surface area contributed by atoms with Crippen LogP contribution in [-0.4, -0.2) is 29.4 Å². The zero-order chi connectivity index (χ0) is 23.7. The van der Waals surface area contributed by atoms with Crippen LogP contribution in [0.25, 0.3) is 0 Å². The summed E-state index contributed by atoms with van der Waals surface area (Å²) < 4.78 is 0. The van der Waals surface area contributed by atoms with Crippen molar-refractivity contribution < 1.29 is 14.7 Å². The zero-order valence-corrected chi connectivity index (χ0v) is 21.2. The monoisotopic (exact) mass is 453 g/mol. The molecule has 0 spiro atoms. The fraction of sp³-hybridized carbons (Fsp3) is 0.793. The van der Waals surface area contributed by atoms with Gasteiger partial charge in [0.15, 0.2) is 5.78 Å². The second-order valence-electron chi connectivity index (χ2n) is 12.8. The van der Waals surface area contributed by atoms with E-state index in [1.54, 1.807) is 6.92 Å². The van der Waals surface area contributed by atoms with Gasteiger partial charge in [0, 0.05) is 19.4 Å². The molecule has 33 heavy (non-hydrogen) atoms. The number of carbonyl (C=O) groups excluding carboxylic acids is 2. The number of nitrogens with one attached hydrogen (secondary N) is 1. The molecule has 5 aliphatic carbocycles. The first-order valence-corrected chi connectivity index (χ1v) is 13.4. The highest BCUT2D eigenvalue weighted by Gasteiger charge is 2.63. The van der Waals surface area contributed by atoms with Gasteiger partial charge in [0.2, 0.25) is 5.91 Å². The molecule has 5 rings (SSSR count). The molecule has 4 heteroatoms. The van der Waals surface area contributed by atoms with Crippen LogP contribution in [0.4, 0.5) is 0 Å². The minimum absolute atomic E-state index is 0.00221. The first-order chi connectivity index (χ1) is 15.6. The number of allylic oxidation sites excluding steroid dienone is 3. The average Bonchev–Trinajstić information content (AvgIpc) is 3.19. The average molecular weight is 454 g/mol. The summed E-state index contributed by atoms with van der Waals surface area (Å²) >= 11 is 0. The van der Waals surface area contributed by atoms with E-state index in [2.05, 4.69) is 39.1 Å². The second-order valence-corrected chi connectivity index (χ2v) is 12.8. The molecule has 0 unspecified atom stereocenters. The van der Waals surface area contributed by atoms with Gasteiger partial charge >= 0.3 is 0 Å². The maximum atomic E-state index is 13.4. The lowest BCUT2D eigenvalue weighted by molar-refractivity contribution is -0.121. The minimum Gasteiger partial charge on any atom is -0.393 e. The fourth-order valence-electron chi connectivity index (χ4n) is 9.26. The topological polar surface area (TPSA) is 66.4 Å². The quantitative estimate of drug-likeness (QED) is 0.574. The highest BCUT2D eigenvalue weighted by atomic mass is 16.3. The molecule has 0 aromatic heterocycles. The van der Waals surface area contributed by atoms with E-state index < -0.39 is 0 Å². The van der Waals surface area contributed by atoms with E-state index in [1.807, 2.05) is 0 Å². The summed E-state index contributed by atoms with van der Waals surface area (Å²) in [5.74, 6) is 3.25. The predicted molar refractivity (Wildman–Crippen MR) is 130 cm³/mol. The second kappa shape index (κ2) is 8.07. The minimum atomic E-state index is -0.153. The molecule has 0 saturated heterocycles. The Balaban J connectivity index is 1.44. The molecule has 0 radical (unpaired) electrons. The Morgan fingerprint density at radius 1 is 1.21 bits per heavy atom. The molecule has 4 nitrogen and oxygen atoms in total. The maximum absolute atomic E-state index is 13.4. The van der Waals surface area contributed by atoms with Crippen LogP contribution < -0.4 is 5.32 Å². The lowest BCUT2D eigenvalue weighted by Gasteiger charge is -2.58. The molecule has 3 fully saturated rings. The highest BCUT2D eigenvalue weighted by molar-refractivity contribution is 6.01. The van der Waals surface area contributed by atoms with Gasteiger partial charge < -0.3 is 10.4 Å². The van der Waals surface area contributed by atoms with E-state index in [1.165, 1.54) is 24.0 Å². The smallest absolute Gasteiger partial charge is 0.216 e. The first kappa shape index (κ1) is 23.3. The Kier molecular flexibility index (Phi) is 5.70. The summed E-state index contributed by atoms with van der Waals surface area (Å²) in [5.41, 5.74) is 4.60. The number of amides is 1. The van der Waals surface area contributed by atoms with Crippen molar-refractivity contribution >= 4 is 11.7 Å². The molecule has 5 aliphatic rings. The number of carbonyl (C=O) groups is 2. The van der Waals surface area contributed by atoms with Gasteiger partial charge in [0.25, 0.3) is 0 Å². The van der Waals surface area contributed by atoms with Crippen LogP contribution in [0, 0.1) is 46.3 Å². The van der Waals surface area contributed by atoms with Crippen molar-refractivity contribution in [1.29, 1.82) is 0 Å². The Hall–Kier alpha value is -1.42. The lowest BCUT2D eigenvalue weighted by atomic mass is 9.47. The van der Waals surface area contributed by atoms with Crippen molar-refractivity contribution in [3.05, 3.63) is 22.8 Å². The molecular weight excluding hydrogens is 410 g/mol. The van der Waals surface area contributed by atoms with Crippen LogP contribution in [0.2, 0.25) is 0 Å². The molecule has 2 N–H and O–H groups in total. The molecule has 182 valence electrons. The van der Waals surface area contributed by atoms with Crippen molar-refractivity contribution in [3.63, 3.8) is 0 Å². The number of hydrogen-bond donors (Lipinski definition) is 2. The predicted octanol–water partition coefficient (Wildman–Crippen LogP) is 5.21. The van der Waals surface area contributed by atoms with Crippen molar-refractivity contribution in [3.8, 4) is 0 Å². The summed E-state index contributed by atoms with van der Waals surface area (Å²) in [7, 11) is 0. The third-order valence-electron chi connectivity index (χ3n) is 10.9. The number of aliphatic hydroxyl groups excluding tert-OH is 1. The van der Waals surface area contributed by atoms with Gasteiger partial charge in [-0.15, -0.1) is 0 Å². The summed E-state index contributed by atoms with van der Waals surface area (Å²) in [6.45, 7) is 11.5. The lowest BCUT2D eigenvalue weighted by Crippen LogP contribution is -2.51. The number of fused-ring (bicyclic) bond motifs is 7. The number of rotatable bonds is 4. The van der Waals surface area contributed by atoms with Gasteiger partial charge in [-0.3, -0.25) is 9.59 Å². The van der Waals surface area contributed by atoms with Crippen molar-refractivity contribution in [2.75, 3.05) is 6.54 Å². The SMILES string of the molecule is CC(=O)NC[C@@H](C)CC1=C2C[C@@H]3[C@H]4CC=C5C[C@@H](O)CC[C@]5(C)[C@@H]4CC[C@]3(C)[C@@H]2[C@H](C)C1=O. The standard InChI is InChI=1S/C29H43NO3/c1-16(15-30-18(3)31)12-23-22-14-25-21-7-6-19-13-20(32)8-10-28(19,4)24(21)9-11-29(25,5)26(22)17(2)27(23)33/h6,16-17,20-21,24-26,32H,7-15H2,1-5H3,(H,30,31)/t16-,17-,20-,21-,24+,25+,26+,28-,29-/m0/s1. The van der Waals surface area contributed by atoms with E-state index in [4.69, 9.17) is 0 Å². The highest BCUT2D eigenvalue weighted by Crippen LogP contribution is 2.70. The normalized spacial score (nSPS) is 45.0. The number of ketones is 1. The summed E-state index contributed by atoms with van der Waals surface area (Å²) in [6, 6.07) is 0. The van der Waals surface area contributed by atoms with Gasteiger partial charge in [-0.25, -0.2) is 0 Å². The number of hydrogen-bond acceptors (Lipinski definition) is 3. The van der Waals surface area contributed by atoms with Gasteiger partial charge in [-0.2, -0.15) is 0 Å². The summed E-state index contributed by atoms with van der Waals surface area (Å²) in [5, 5.41) is 13.2. The number of aliphatic hydroxyl groups is 1. The molecule has 0 bridgehead atoms. The molecule has 0 aromatic rings. The Bertz CT molecular complexity index is 918. The molecule has 0 aliphatic heterocycles. The third kappa shape index (κ3) is 3.49. The van der Waals surface area contributed by atoms with Crippen molar-refractivity contribution in [1.82, 2.24) is 5.32 Å². The van der Waals surface area contributed by atoms with Crippen LogP contribution in [-0.2, 0) is 9.59 Å². The largest absolute Gasteiger partial charge is 0.393 e. The van der Waals surface area contributed by atoms with Gasteiger partial charge in [0.1, 0.15) is 0 Å². The third-order valence-corrected chi connectivity index (χ3v) is 10.9. The molecule has 1 amide bonds. The van der Waals surface area contributed by atoms with Crippen LogP contribution in [0.3, 0.4) is 0 Å². The van der Waals surface area contributed by atoms with Crippen molar-refractivity contribution in [2.24, 2.45) is 46.3 Å². The molecular formula is C29H43NO3. The molecule has 0 heterocycles. The van der Waals surface area contributed by atoms with E-state index in [-0.39, 0.29) is 34.7 Å². The molecule has 9 atom stereocenters. The van der Waals surface area contributed by atoms with E-state index in [9.17, 15) is 14.7 Å². The van der Waals surface area contributed by atoms with Crippen LogP contribution in [0.15, 0.2) is 22.8 Å². The summed E-state index contributed by atoms with van der Waals surface area (Å²) in [4.78, 5) is 24.7. The van der Waals surface area contributed by atoms with Crippen molar-refractivity contribution in [2.45, 2.75) is 92.1 Å². The van der Waals surface area contributed by atoms with Gasteiger partial charge in [-0.05, 0) is 97.4 Å². The van der Waals surface area contributed by atoms with Crippen LogP contribution in [0.1, 0.15) is 86.0 Å². The Labute approximate surface area is 199 Å². The van der Waals surface area contributed by atoms with Gasteiger partial charge in [-0.1, -0.05) is 44.9 Å². The zero-order valence-electron chi connectivity index (χ0n) is 21.2. The van der Waals surface area contributed by atoms with E-state index in [0.717, 1.165) is 50.0 Å². The van der Waals surface area contributed by atoms with Crippen LogP contribution in [0.5, 0.6) is 0 Å². The Morgan fingerprint density at radius 3 is 2.70 bits per heavy atom. The van der Waals surface area contributed by atoms with Crippen LogP contribution >= 0.6 is 0 Å². The molecule has 0 aromatic carbocycles. The van der Waals surface area contributed by atoms with E-state index in [0.29, 0.717) is 30.1 Å².